The highest BCUT2D eigenvalue weighted by atomic mass is 16.3. The molecular weight excluding hydrogens is 775 g/mol. The van der Waals surface area contributed by atoms with E-state index in [0.29, 0.717) is 0 Å². The van der Waals surface area contributed by atoms with E-state index in [1.54, 1.807) is 0 Å². The summed E-state index contributed by atoms with van der Waals surface area (Å²) in [6.07, 6.45) is 0. The molecule has 0 amide bonds. The molecule has 1 heterocycles. The Labute approximate surface area is 372 Å². The third-order valence-corrected chi connectivity index (χ3v) is 14.5. The maximum absolute atomic E-state index is 6.59. The van der Waals surface area contributed by atoms with E-state index in [4.69, 9.17) is 4.42 Å². The van der Waals surface area contributed by atoms with Crippen LogP contribution in [0, 0.1) is 0 Å². The summed E-state index contributed by atoms with van der Waals surface area (Å²) in [5.74, 6) is 0. The first-order valence-electron chi connectivity index (χ1n) is 22.3. The largest absolute Gasteiger partial charge is 0.456 e. The Hall–Kier alpha value is -8.20. The summed E-state index contributed by atoms with van der Waals surface area (Å²) in [6, 6.07) is 87.8. The van der Waals surface area contributed by atoms with Crippen molar-refractivity contribution < 1.29 is 4.42 Å². The van der Waals surface area contributed by atoms with Gasteiger partial charge in [0.25, 0.3) is 0 Å². The Bertz CT molecular complexity index is 3610. The predicted octanol–water partition coefficient (Wildman–Crippen LogP) is 15.8. The standard InChI is InChI=1S/C62H39NO/c1-2-19-40(20-3-1)41-21-16-22-42(39-41)63(56-36-18-38-58-60(56)46-26-7-15-37-57(46)64-58)55-35-17-34-54-59(55)45-25-6-10-29-49(45)62(54)52-32-13-11-30-50(52)61(51-31-12-14-33-53(51)62)47-27-8-4-23-43(47)44-24-5-9-28-48(44)61/h1-39H. The number of hydrogen-bond donors (Lipinski definition) is 0. The summed E-state index contributed by atoms with van der Waals surface area (Å²) in [5.41, 5.74) is 21.9. The third kappa shape index (κ3) is 4.44. The molecule has 0 unspecified atom stereocenters. The molecule has 3 aliphatic carbocycles. The summed E-state index contributed by atoms with van der Waals surface area (Å²) >= 11 is 0. The molecule has 2 heteroatoms. The van der Waals surface area contributed by atoms with Crippen molar-refractivity contribution in [2.45, 2.75) is 10.8 Å². The lowest BCUT2D eigenvalue weighted by Gasteiger charge is -2.48. The molecule has 0 fully saturated rings. The fourth-order valence-corrected chi connectivity index (χ4v) is 12.3. The van der Waals surface area contributed by atoms with E-state index in [0.717, 1.165) is 44.6 Å². The van der Waals surface area contributed by atoms with Gasteiger partial charge < -0.3 is 9.32 Å². The fourth-order valence-electron chi connectivity index (χ4n) is 12.3. The van der Waals surface area contributed by atoms with Crippen LogP contribution in [0.25, 0.3) is 55.3 Å². The van der Waals surface area contributed by atoms with Gasteiger partial charge in [0.15, 0.2) is 0 Å². The van der Waals surface area contributed by atoms with E-state index in [9.17, 15) is 0 Å². The number of para-hydroxylation sites is 1. The summed E-state index contributed by atoms with van der Waals surface area (Å²) in [7, 11) is 0. The highest BCUT2D eigenvalue weighted by molar-refractivity contribution is 6.14. The molecule has 0 saturated heterocycles. The van der Waals surface area contributed by atoms with Gasteiger partial charge >= 0.3 is 0 Å². The zero-order chi connectivity index (χ0) is 42.0. The highest BCUT2D eigenvalue weighted by Crippen LogP contribution is 2.68. The number of fused-ring (bicyclic) bond motifs is 19. The van der Waals surface area contributed by atoms with Crippen LogP contribution in [0.3, 0.4) is 0 Å². The van der Waals surface area contributed by atoms with Crippen LogP contribution in [-0.4, -0.2) is 0 Å². The Morgan fingerprint density at radius 1 is 0.312 bits per heavy atom. The molecule has 2 nitrogen and oxygen atoms in total. The van der Waals surface area contributed by atoms with Crippen molar-refractivity contribution in [3.63, 3.8) is 0 Å². The van der Waals surface area contributed by atoms with E-state index in [1.165, 1.54) is 72.3 Å². The topological polar surface area (TPSA) is 16.4 Å². The first-order valence-corrected chi connectivity index (χ1v) is 22.3. The highest BCUT2D eigenvalue weighted by Gasteiger charge is 2.59. The lowest BCUT2D eigenvalue weighted by atomic mass is 9.52. The van der Waals surface area contributed by atoms with Crippen molar-refractivity contribution in [2.24, 2.45) is 0 Å². The van der Waals surface area contributed by atoms with E-state index in [2.05, 4.69) is 241 Å². The van der Waals surface area contributed by atoms with Gasteiger partial charge in [-0.05, 0) is 109 Å². The molecule has 0 bridgehead atoms. The minimum absolute atomic E-state index is 0.497. The zero-order valence-electron chi connectivity index (χ0n) is 34.9. The number of furan rings is 1. The van der Waals surface area contributed by atoms with Crippen molar-refractivity contribution in [1.29, 1.82) is 0 Å². The maximum atomic E-state index is 6.59. The SMILES string of the molecule is c1ccc(-c2cccc(N(c3cccc4c3-c3ccccc3C43c4ccccc4C4(c5ccccc5-c5ccccc54)c4ccccc43)c3cccc4oc5ccccc5c34)c2)cc1. The van der Waals surface area contributed by atoms with Gasteiger partial charge in [0.1, 0.15) is 11.2 Å². The van der Waals surface area contributed by atoms with Gasteiger partial charge in [0.2, 0.25) is 0 Å². The zero-order valence-corrected chi connectivity index (χ0v) is 34.9. The number of benzene rings is 10. The van der Waals surface area contributed by atoms with Crippen molar-refractivity contribution in [3.05, 3.63) is 281 Å². The van der Waals surface area contributed by atoms with Crippen molar-refractivity contribution >= 4 is 39.0 Å². The average molecular weight is 814 g/mol. The molecule has 0 N–H and O–H groups in total. The number of hydrogen-bond acceptors (Lipinski definition) is 2. The molecule has 1 aromatic heterocycles. The summed E-state index contributed by atoms with van der Waals surface area (Å²) in [6.45, 7) is 0. The molecule has 3 aliphatic rings. The molecule has 0 radical (unpaired) electrons. The minimum atomic E-state index is -0.612. The molecule has 0 aliphatic heterocycles. The molecular formula is C62H39NO. The van der Waals surface area contributed by atoms with Crippen molar-refractivity contribution in [3.8, 4) is 33.4 Å². The fraction of sp³-hybridized carbons (Fsp3) is 0.0323. The Morgan fingerprint density at radius 2 is 0.766 bits per heavy atom. The van der Waals surface area contributed by atoms with Crippen LogP contribution in [0.4, 0.5) is 17.1 Å². The Morgan fingerprint density at radius 3 is 1.44 bits per heavy atom. The first kappa shape index (κ1) is 35.4. The van der Waals surface area contributed by atoms with Crippen LogP contribution in [0.5, 0.6) is 0 Å². The van der Waals surface area contributed by atoms with E-state index in [-0.39, 0.29) is 0 Å². The summed E-state index contributed by atoms with van der Waals surface area (Å²) < 4.78 is 6.59. The first-order chi connectivity index (χ1) is 31.8. The van der Waals surface area contributed by atoms with E-state index >= 15 is 0 Å². The molecule has 10 aromatic carbocycles. The second-order valence-electron chi connectivity index (χ2n) is 17.4. The molecule has 11 aromatic rings. The van der Waals surface area contributed by atoms with Crippen LogP contribution in [0.1, 0.15) is 44.5 Å². The third-order valence-electron chi connectivity index (χ3n) is 14.5. The van der Waals surface area contributed by atoms with Gasteiger partial charge in [-0.2, -0.15) is 0 Å². The lowest BCUT2D eigenvalue weighted by Crippen LogP contribution is -2.43. The Balaban J connectivity index is 1.10. The molecule has 14 rings (SSSR count). The lowest BCUT2D eigenvalue weighted by molar-refractivity contribution is 0.633. The predicted molar refractivity (Wildman–Crippen MR) is 262 cm³/mol. The maximum Gasteiger partial charge on any atom is 0.137 e. The van der Waals surface area contributed by atoms with Gasteiger partial charge in [0.05, 0.1) is 27.6 Å². The van der Waals surface area contributed by atoms with Gasteiger partial charge in [-0.25, -0.2) is 0 Å². The van der Waals surface area contributed by atoms with Gasteiger partial charge in [-0.1, -0.05) is 200 Å². The number of rotatable bonds is 4. The monoisotopic (exact) mass is 813 g/mol. The van der Waals surface area contributed by atoms with Crippen molar-refractivity contribution in [2.75, 3.05) is 4.90 Å². The molecule has 0 atom stereocenters. The second kappa shape index (κ2) is 13.2. The van der Waals surface area contributed by atoms with Crippen LogP contribution >= 0.6 is 0 Å². The Kier molecular flexibility index (Phi) is 7.28. The molecule has 64 heavy (non-hydrogen) atoms. The summed E-state index contributed by atoms with van der Waals surface area (Å²) in [5, 5.41) is 2.19. The van der Waals surface area contributed by atoms with E-state index < -0.39 is 10.8 Å². The molecule has 0 saturated carbocycles. The molecule has 298 valence electrons. The van der Waals surface area contributed by atoms with Gasteiger partial charge in [-0.15, -0.1) is 0 Å². The minimum Gasteiger partial charge on any atom is -0.456 e. The van der Waals surface area contributed by atoms with Gasteiger partial charge in [-0.3, -0.25) is 0 Å². The normalized spacial score (nSPS) is 14.2. The smallest absolute Gasteiger partial charge is 0.137 e. The second-order valence-corrected chi connectivity index (χ2v) is 17.4. The van der Waals surface area contributed by atoms with Crippen LogP contribution in [0.15, 0.2) is 241 Å². The van der Waals surface area contributed by atoms with E-state index in [1.807, 2.05) is 0 Å². The van der Waals surface area contributed by atoms with Gasteiger partial charge in [0, 0.05) is 16.6 Å². The van der Waals surface area contributed by atoms with Crippen molar-refractivity contribution in [1.82, 2.24) is 0 Å². The van der Waals surface area contributed by atoms with Crippen LogP contribution < -0.4 is 4.90 Å². The quantitative estimate of drug-likeness (QED) is 0.176. The van der Waals surface area contributed by atoms with Crippen LogP contribution in [-0.2, 0) is 10.8 Å². The molecule has 2 spiro atoms. The van der Waals surface area contributed by atoms with Crippen LogP contribution in [0.2, 0.25) is 0 Å². The number of anilines is 3. The summed E-state index contributed by atoms with van der Waals surface area (Å²) in [4.78, 5) is 2.50. The number of nitrogens with zero attached hydrogens (tertiary/aromatic N) is 1. The average Bonchev–Trinajstić information content (AvgIpc) is 4.00.